The van der Waals surface area contributed by atoms with Crippen molar-refractivity contribution >= 4 is 29.3 Å². The van der Waals surface area contributed by atoms with Crippen molar-refractivity contribution in [3.63, 3.8) is 0 Å². The number of hydrogen-bond acceptors (Lipinski definition) is 6. The quantitative estimate of drug-likeness (QED) is 0.742. The molecule has 1 N–H and O–H groups in total. The van der Waals surface area contributed by atoms with Gasteiger partial charge < -0.3 is 19.5 Å². The SMILES string of the molecule is CC(OC(=O)COc1cccc2c1OC(C)(C)C2)C(=O)Nc1ccc(Cl)cn1. The van der Waals surface area contributed by atoms with Crippen molar-refractivity contribution in [2.75, 3.05) is 11.9 Å². The van der Waals surface area contributed by atoms with Crippen LogP contribution in [0.25, 0.3) is 0 Å². The van der Waals surface area contributed by atoms with E-state index in [1.807, 2.05) is 26.0 Å². The number of benzene rings is 1. The molecule has 0 aliphatic carbocycles. The number of amides is 1. The van der Waals surface area contributed by atoms with Gasteiger partial charge in [-0.05, 0) is 39.0 Å². The van der Waals surface area contributed by atoms with Crippen LogP contribution < -0.4 is 14.8 Å². The first-order valence-corrected chi connectivity index (χ1v) is 9.17. The molecule has 0 bridgehead atoms. The van der Waals surface area contributed by atoms with Crippen LogP contribution in [0.15, 0.2) is 36.5 Å². The Kier molecular flexibility index (Phi) is 5.74. The van der Waals surface area contributed by atoms with Gasteiger partial charge in [-0.2, -0.15) is 0 Å². The van der Waals surface area contributed by atoms with Crippen molar-refractivity contribution < 1.29 is 23.8 Å². The van der Waals surface area contributed by atoms with E-state index in [0.717, 1.165) is 12.0 Å². The number of fused-ring (bicyclic) bond motifs is 1. The van der Waals surface area contributed by atoms with Crippen molar-refractivity contribution in [1.82, 2.24) is 4.98 Å². The fraction of sp³-hybridized carbons (Fsp3) is 0.350. The average molecular weight is 405 g/mol. The van der Waals surface area contributed by atoms with Crippen LogP contribution in [0.3, 0.4) is 0 Å². The van der Waals surface area contributed by atoms with E-state index in [9.17, 15) is 9.59 Å². The summed E-state index contributed by atoms with van der Waals surface area (Å²) in [4.78, 5) is 28.1. The van der Waals surface area contributed by atoms with E-state index in [-0.39, 0.29) is 12.2 Å². The van der Waals surface area contributed by atoms with Crippen molar-refractivity contribution in [3.05, 3.63) is 47.1 Å². The third kappa shape index (κ3) is 4.92. The number of nitrogens with one attached hydrogen (secondary N) is 1. The van der Waals surface area contributed by atoms with Crippen LogP contribution >= 0.6 is 11.6 Å². The lowest BCUT2D eigenvalue weighted by Crippen LogP contribution is -2.32. The molecule has 1 aromatic heterocycles. The van der Waals surface area contributed by atoms with E-state index in [4.69, 9.17) is 25.8 Å². The molecule has 7 nitrogen and oxygen atoms in total. The van der Waals surface area contributed by atoms with Gasteiger partial charge in [0.25, 0.3) is 5.91 Å². The average Bonchev–Trinajstić information content (AvgIpc) is 2.96. The number of para-hydroxylation sites is 1. The van der Waals surface area contributed by atoms with Gasteiger partial charge in [-0.25, -0.2) is 9.78 Å². The first-order chi connectivity index (χ1) is 13.2. The Bertz CT molecular complexity index is 883. The van der Waals surface area contributed by atoms with Gasteiger partial charge in [0, 0.05) is 18.2 Å². The van der Waals surface area contributed by atoms with Gasteiger partial charge in [-0.3, -0.25) is 4.79 Å². The Morgan fingerprint density at radius 3 is 2.82 bits per heavy atom. The molecular weight excluding hydrogens is 384 g/mol. The Morgan fingerprint density at radius 1 is 1.32 bits per heavy atom. The normalized spacial score (nSPS) is 15.1. The molecule has 8 heteroatoms. The van der Waals surface area contributed by atoms with Crippen molar-refractivity contribution in [2.45, 2.75) is 38.9 Å². The first kappa shape index (κ1) is 19.9. The summed E-state index contributed by atoms with van der Waals surface area (Å²) >= 11 is 5.75. The predicted octanol–water partition coefficient (Wildman–Crippen LogP) is 3.40. The summed E-state index contributed by atoms with van der Waals surface area (Å²) in [6.45, 7) is 5.10. The van der Waals surface area contributed by atoms with Crippen LogP contribution in [0.1, 0.15) is 26.3 Å². The molecule has 1 atom stereocenters. The third-order valence-corrected chi connectivity index (χ3v) is 4.28. The number of ether oxygens (including phenoxy) is 3. The Balaban J connectivity index is 1.51. The van der Waals surface area contributed by atoms with Gasteiger partial charge in [-0.15, -0.1) is 0 Å². The topological polar surface area (TPSA) is 86.8 Å². The molecule has 0 saturated carbocycles. The number of nitrogens with zero attached hydrogens (tertiary/aromatic N) is 1. The molecule has 3 rings (SSSR count). The highest BCUT2D eigenvalue weighted by Gasteiger charge is 2.32. The molecule has 1 amide bonds. The van der Waals surface area contributed by atoms with Crippen LogP contribution in [0.4, 0.5) is 5.82 Å². The van der Waals surface area contributed by atoms with Crippen molar-refractivity contribution in [2.24, 2.45) is 0 Å². The number of esters is 1. The predicted molar refractivity (Wildman–Crippen MR) is 104 cm³/mol. The summed E-state index contributed by atoms with van der Waals surface area (Å²) in [5.41, 5.74) is 0.712. The van der Waals surface area contributed by atoms with E-state index < -0.39 is 18.0 Å². The van der Waals surface area contributed by atoms with E-state index >= 15 is 0 Å². The smallest absolute Gasteiger partial charge is 0.344 e. The number of carbonyl (C=O) groups excluding carboxylic acids is 2. The van der Waals surface area contributed by atoms with Crippen LogP contribution in [0, 0.1) is 0 Å². The highest BCUT2D eigenvalue weighted by Crippen LogP contribution is 2.41. The summed E-state index contributed by atoms with van der Waals surface area (Å²) in [7, 11) is 0. The number of anilines is 1. The van der Waals surface area contributed by atoms with Crippen molar-refractivity contribution in [1.29, 1.82) is 0 Å². The molecule has 28 heavy (non-hydrogen) atoms. The van der Waals surface area contributed by atoms with Crippen molar-refractivity contribution in [3.8, 4) is 11.5 Å². The van der Waals surface area contributed by atoms with Gasteiger partial charge in [-0.1, -0.05) is 23.7 Å². The maximum atomic E-state index is 12.1. The maximum absolute atomic E-state index is 12.1. The Morgan fingerprint density at radius 2 is 2.11 bits per heavy atom. The molecular formula is C20H21ClN2O5. The van der Waals surface area contributed by atoms with Crippen LogP contribution in [0.2, 0.25) is 5.02 Å². The summed E-state index contributed by atoms with van der Waals surface area (Å²) in [5, 5.41) is 3.00. The number of pyridine rings is 1. The van der Waals surface area contributed by atoms with E-state index in [0.29, 0.717) is 22.3 Å². The second-order valence-electron chi connectivity index (χ2n) is 7.05. The number of hydrogen-bond donors (Lipinski definition) is 1. The molecule has 2 heterocycles. The third-order valence-electron chi connectivity index (χ3n) is 4.06. The summed E-state index contributed by atoms with van der Waals surface area (Å²) in [5.74, 6) is 0.256. The molecule has 1 unspecified atom stereocenters. The fourth-order valence-electron chi connectivity index (χ4n) is 2.80. The maximum Gasteiger partial charge on any atom is 0.344 e. The second kappa shape index (κ2) is 8.06. The van der Waals surface area contributed by atoms with Gasteiger partial charge in [0.05, 0.1) is 5.02 Å². The number of rotatable bonds is 6. The largest absolute Gasteiger partial charge is 0.483 e. The van der Waals surface area contributed by atoms with E-state index in [2.05, 4.69) is 10.3 Å². The molecule has 0 radical (unpaired) electrons. The van der Waals surface area contributed by atoms with Gasteiger partial charge in [0.15, 0.2) is 24.2 Å². The minimum Gasteiger partial charge on any atom is -0.483 e. The number of halogens is 1. The minimum atomic E-state index is -1.01. The highest BCUT2D eigenvalue weighted by molar-refractivity contribution is 6.30. The Labute approximate surface area is 168 Å². The first-order valence-electron chi connectivity index (χ1n) is 8.79. The van der Waals surface area contributed by atoms with Crippen LogP contribution in [-0.4, -0.2) is 35.2 Å². The lowest BCUT2D eigenvalue weighted by atomic mass is 10.0. The van der Waals surface area contributed by atoms with Gasteiger partial charge in [0.1, 0.15) is 11.4 Å². The monoisotopic (exact) mass is 404 g/mol. The summed E-state index contributed by atoms with van der Waals surface area (Å²) in [6.07, 6.45) is 1.16. The number of carbonyl (C=O) groups is 2. The highest BCUT2D eigenvalue weighted by atomic mass is 35.5. The molecule has 148 valence electrons. The zero-order chi connectivity index (χ0) is 20.3. The minimum absolute atomic E-state index is 0.313. The standard InChI is InChI=1S/C20H21ClN2O5/c1-12(19(25)23-16-8-7-14(21)10-22-16)27-17(24)11-26-15-6-4-5-13-9-20(2,3)28-18(13)15/h4-8,10,12H,9,11H2,1-3H3,(H,22,23,25). The fourth-order valence-corrected chi connectivity index (χ4v) is 2.91. The molecule has 0 fully saturated rings. The van der Waals surface area contributed by atoms with Gasteiger partial charge >= 0.3 is 5.97 Å². The second-order valence-corrected chi connectivity index (χ2v) is 7.49. The van der Waals surface area contributed by atoms with E-state index in [1.165, 1.54) is 13.1 Å². The Hall–Kier alpha value is -2.80. The zero-order valence-corrected chi connectivity index (χ0v) is 16.6. The molecule has 2 aromatic rings. The summed E-state index contributed by atoms with van der Waals surface area (Å²) < 4.78 is 16.6. The molecule has 1 aromatic carbocycles. The lowest BCUT2D eigenvalue weighted by molar-refractivity contribution is -0.155. The van der Waals surface area contributed by atoms with E-state index in [1.54, 1.807) is 18.2 Å². The zero-order valence-electron chi connectivity index (χ0n) is 15.8. The molecule has 1 aliphatic rings. The number of aromatic nitrogens is 1. The molecule has 0 saturated heterocycles. The van der Waals surface area contributed by atoms with Crippen LogP contribution in [0.5, 0.6) is 11.5 Å². The lowest BCUT2D eigenvalue weighted by Gasteiger charge is -2.18. The van der Waals surface area contributed by atoms with Crippen LogP contribution in [-0.2, 0) is 20.7 Å². The molecule has 0 spiro atoms. The summed E-state index contributed by atoms with van der Waals surface area (Å²) in [6, 6.07) is 8.69. The van der Waals surface area contributed by atoms with Gasteiger partial charge in [0.2, 0.25) is 0 Å². The molecule has 1 aliphatic heterocycles.